The van der Waals surface area contributed by atoms with Crippen molar-refractivity contribution in [3.8, 4) is 0 Å². The quantitative estimate of drug-likeness (QED) is 0.238. The molecule has 0 amide bonds. The molecule has 0 unspecified atom stereocenters. The zero-order chi connectivity index (χ0) is 20.5. The molecular weight excluding hydrogens is 360 g/mol. The molecule has 0 N–H and O–H groups in total. The van der Waals surface area contributed by atoms with Gasteiger partial charge in [-0.2, -0.15) is 5.10 Å². The van der Waals surface area contributed by atoms with Gasteiger partial charge in [0, 0.05) is 5.56 Å². The first-order valence-corrected chi connectivity index (χ1v) is 9.45. The van der Waals surface area contributed by atoms with Crippen molar-refractivity contribution in [2.75, 3.05) is 12.1 Å². The van der Waals surface area contributed by atoms with Crippen LogP contribution in [-0.2, 0) is 22.5 Å². The highest BCUT2D eigenvalue weighted by Crippen LogP contribution is 2.24. The van der Waals surface area contributed by atoms with E-state index in [1.807, 2.05) is 96.0 Å². The number of allylic oxidation sites excluding steroid dienone is 1. The van der Waals surface area contributed by atoms with Crippen LogP contribution in [0.1, 0.15) is 16.7 Å². The van der Waals surface area contributed by atoms with E-state index in [0.717, 1.165) is 16.8 Å². The molecule has 3 aromatic rings. The van der Waals surface area contributed by atoms with Crippen LogP contribution in [0.25, 0.3) is 0 Å². The lowest BCUT2D eigenvalue weighted by atomic mass is 10.1. The first kappa shape index (κ1) is 20.1. The number of carbonyl (C=O) groups excluding carboxylic acids is 1. The molecule has 0 heterocycles. The Bertz CT molecular complexity index is 982. The van der Waals surface area contributed by atoms with Crippen LogP contribution < -0.4 is 5.01 Å². The first-order valence-electron chi connectivity index (χ1n) is 9.45. The Morgan fingerprint density at radius 2 is 1.59 bits per heavy atom. The van der Waals surface area contributed by atoms with Gasteiger partial charge in [-0.25, -0.2) is 4.79 Å². The summed E-state index contributed by atoms with van der Waals surface area (Å²) in [5.41, 5.74) is 4.06. The third kappa shape index (κ3) is 5.20. The Morgan fingerprint density at radius 3 is 2.24 bits per heavy atom. The highest BCUT2D eigenvalue weighted by molar-refractivity contribution is 6.43. The molecule has 0 aromatic heterocycles. The Hall–Kier alpha value is -3.66. The fraction of sp³-hybridized carbons (Fsp3) is 0.120. The van der Waals surface area contributed by atoms with Crippen LogP contribution >= 0.6 is 0 Å². The molecule has 0 atom stereocenters. The number of nitrogens with zero attached hydrogens (tertiary/aromatic N) is 2. The Balaban J connectivity index is 2.12. The SMILES string of the molecule is C=CCc1ccccc1N(Cc1ccccc1)/N=C(\C(=O)OC)c1ccccc1. The van der Waals surface area contributed by atoms with Gasteiger partial charge in [0.2, 0.25) is 0 Å². The lowest BCUT2D eigenvalue weighted by Crippen LogP contribution is -2.25. The highest BCUT2D eigenvalue weighted by Gasteiger charge is 2.19. The zero-order valence-corrected chi connectivity index (χ0v) is 16.5. The summed E-state index contributed by atoms with van der Waals surface area (Å²) in [7, 11) is 1.37. The molecule has 0 aliphatic rings. The van der Waals surface area contributed by atoms with E-state index >= 15 is 0 Å². The lowest BCUT2D eigenvalue weighted by molar-refractivity contribution is -0.132. The van der Waals surface area contributed by atoms with E-state index in [4.69, 9.17) is 9.84 Å². The molecule has 0 spiro atoms. The third-order valence-corrected chi connectivity index (χ3v) is 4.46. The maximum atomic E-state index is 12.5. The summed E-state index contributed by atoms with van der Waals surface area (Å²) in [6, 6.07) is 27.4. The maximum absolute atomic E-state index is 12.5. The molecule has 0 aliphatic heterocycles. The second-order valence-electron chi connectivity index (χ2n) is 6.47. The topological polar surface area (TPSA) is 41.9 Å². The molecule has 3 rings (SSSR count). The summed E-state index contributed by atoms with van der Waals surface area (Å²) in [6.07, 6.45) is 2.57. The zero-order valence-electron chi connectivity index (χ0n) is 16.5. The molecule has 0 aliphatic carbocycles. The van der Waals surface area contributed by atoms with Crippen LogP contribution in [-0.4, -0.2) is 18.8 Å². The molecule has 0 fully saturated rings. The van der Waals surface area contributed by atoms with Gasteiger partial charge in [-0.05, 0) is 23.6 Å². The number of methoxy groups -OCH3 is 1. The van der Waals surface area contributed by atoms with E-state index in [0.29, 0.717) is 18.5 Å². The molecule has 3 aromatic carbocycles. The number of ether oxygens (including phenoxy) is 1. The number of anilines is 1. The van der Waals surface area contributed by atoms with Gasteiger partial charge < -0.3 is 4.74 Å². The summed E-state index contributed by atoms with van der Waals surface area (Å²) in [5, 5.41) is 6.62. The van der Waals surface area contributed by atoms with Crippen molar-refractivity contribution in [2.45, 2.75) is 13.0 Å². The molecule has 0 saturated carbocycles. The largest absolute Gasteiger partial charge is 0.464 e. The second-order valence-corrected chi connectivity index (χ2v) is 6.47. The summed E-state index contributed by atoms with van der Waals surface area (Å²) in [5.74, 6) is -0.476. The maximum Gasteiger partial charge on any atom is 0.359 e. The summed E-state index contributed by atoms with van der Waals surface area (Å²) in [4.78, 5) is 12.5. The van der Waals surface area contributed by atoms with E-state index in [-0.39, 0.29) is 5.71 Å². The van der Waals surface area contributed by atoms with Gasteiger partial charge in [0.1, 0.15) is 0 Å². The van der Waals surface area contributed by atoms with Crippen molar-refractivity contribution in [2.24, 2.45) is 5.10 Å². The monoisotopic (exact) mass is 384 g/mol. The molecule has 4 heteroatoms. The van der Waals surface area contributed by atoms with Crippen molar-refractivity contribution in [1.29, 1.82) is 0 Å². The first-order chi connectivity index (χ1) is 14.2. The Labute approximate surface area is 171 Å². The average molecular weight is 384 g/mol. The average Bonchev–Trinajstić information content (AvgIpc) is 2.78. The predicted molar refractivity (Wildman–Crippen MR) is 118 cm³/mol. The van der Waals surface area contributed by atoms with Crippen LogP contribution in [0.2, 0.25) is 0 Å². The molecule has 0 bridgehead atoms. The molecule has 29 heavy (non-hydrogen) atoms. The number of hydrogen-bond donors (Lipinski definition) is 0. The van der Waals surface area contributed by atoms with Crippen molar-refractivity contribution >= 4 is 17.4 Å². The van der Waals surface area contributed by atoms with Gasteiger partial charge in [-0.3, -0.25) is 5.01 Å². The number of rotatable bonds is 8. The van der Waals surface area contributed by atoms with Crippen molar-refractivity contribution in [3.05, 3.63) is 114 Å². The smallest absolute Gasteiger partial charge is 0.359 e. The van der Waals surface area contributed by atoms with Crippen LogP contribution in [0.5, 0.6) is 0 Å². The van der Waals surface area contributed by atoms with E-state index < -0.39 is 5.97 Å². The standard InChI is InChI=1S/C25H24N2O2/c1-3-12-21-15-10-11-18-23(21)27(19-20-13-6-4-7-14-20)26-24(25(28)29-2)22-16-8-5-9-17-22/h3-11,13-18H,1,12,19H2,2H3/b26-24-. The molecular formula is C25H24N2O2. The number of para-hydroxylation sites is 1. The van der Waals surface area contributed by atoms with Gasteiger partial charge in [0.25, 0.3) is 0 Å². The summed E-state index contributed by atoms with van der Waals surface area (Å²) >= 11 is 0. The minimum atomic E-state index is -0.476. The van der Waals surface area contributed by atoms with Gasteiger partial charge >= 0.3 is 5.97 Å². The molecule has 146 valence electrons. The number of esters is 1. The van der Waals surface area contributed by atoms with Crippen LogP contribution in [0, 0.1) is 0 Å². The predicted octanol–water partition coefficient (Wildman–Crippen LogP) is 5.00. The minimum Gasteiger partial charge on any atom is -0.464 e. The summed E-state index contributed by atoms with van der Waals surface area (Å²) < 4.78 is 5.02. The number of carbonyl (C=O) groups is 1. The fourth-order valence-corrected chi connectivity index (χ4v) is 3.05. The van der Waals surface area contributed by atoms with E-state index in [1.54, 1.807) is 0 Å². The number of benzene rings is 3. The fourth-order valence-electron chi connectivity index (χ4n) is 3.05. The van der Waals surface area contributed by atoms with E-state index in [1.165, 1.54) is 7.11 Å². The second kappa shape index (κ2) is 10.0. The van der Waals surface area contributed by atoms with Crippen LogP contribution in [0.4, 0.5) is 5.69 Å². The minimum absolute atomic E-state index is 0.262. The van der Waals surface area contributed by atoms with Gasteiger partial charge in [-0.1, -0.05) is 84.9 Å². The van der Waals surface area contributed by atoms with Crippen molar-refractivity contribution < 1.29 is 9.53 Å². The molecule has 4 nitrogen and oxygen atoms in total. The van der Waals surface area contributed by atoms with Crippen LogP contribution in [0.15, 0.2) is 103 Å². The highest BCUT2D eigenvalue weighted by atomic mass is 16.5. The van der Waals surface area contributed by atoms with Gasteiger partial charge in [-0.15, -0.1) is 6.58 Å². The Morgan fingerprint density at radius 1 is 0.966 bits per heavy atom. The molecule has 0 radical (unpaired) electrons. The summed E-state index contributed by atoms with van der Waals surface area (Å²) in [6.45, 7) is 4.38. The number of hydrogen-bond acceptors (Lipinski definition) is 4. The van der Waals surface area contributed by atoms with Crippen molar-refractivity contribution in [3.63, 3.8) is 0 Å². The number of hydrazone groups is 1. The Kier molecular flexibility index (Phi) is 6.95. The normalized spacial score (nSPS) is 11.0. The van der Waals surface area contributed by atoms with E-state index in [9.17, 15) is 4.79 Å². The lowest BCUT2D eigenvalue weighted by Gasteiger charge is -2.23. The van der Waals surface area contributed by atoms with E-state index in [2.05, 4.69) is 6.58 Å². The third-order valence-electron chi connectivity index (χ3n) is 4.46. The molecule has 0 saturated heterocycles. The van der Waals surface area contributed by atoms with Crippen LogP contribution in [0.3, 0.4) is 0 Å². The van der Waals surface area contributed by atoms with Gasteiger partial charge in [0.15, 0.2) is 5.71 Å². The van der Waals surface area contributed by atoms with Gasteiger partial charge in [0.05, 0.1) is 19.3 Å². The van der Waals surface area contributed by atoms with Crippen molar-refractivity contribution in [1.82, 2.24) is 0 Å².